The van der Waals surface area contributed by atoms with E-state index in [1.165, 1.54) is 6.07 Å². The van der Waals surface area contributed by atoms with Gasteiger partial charge in [0.15, 0.2) is 11.6 Å². The number of carbonyl (C=O) groups is 1. The molecule has 2 fully saturated rings. The van der Waals surface area contributed by atoms with Gasteiger partial charge >= 0.3 is 0 Å². The first-order chi connectivity index (χ1) is 9.03. The van der Waals surface area contributed by atoms with Crippen LogP contribution in [0.1, 0.15) is 37.4 Å². The summed E-state index contributed by atoms with van der Waals surface area (Å²) in [6, 6.07) is 3.78. The van der Waals surface area contributed by atoms with Crippen LogP contribution in [0, 0.1) is 11.6 Å². The highest BCUT2D eigenvalue weighted by Crippen LogP contribution is 2.40. The molecule has 1 saturated heterocycles. The third-order valence-corrected chi connectivity index (χ3v) is 4.25. The fourth-order valence-electron chi connectivity index (χ4n) is 3.20. The molecule has 1 aromatic rings. The van der Waals surface area contributed by atoms with Gasteiger partial charge in [0, 0.05) is 7.05 Å². The zero-order valence-corrected chi connectivity index (χ0v) is 10.7. The first kappa shape index (κ1) is 12.5. The van der Waals surface area contributed by atoms with E-state index >= 15 is 0 Å². The van der Waals surface area contributed by atoms with Gasteiger partial charge in [0.05, 0.1) is 5.54 Å². The summed E-state index contributed by atoms with van der Waals surface area (Å²) in [7, 11) is 1.70. The van der Waals surface area contributed by atoms with Crippen LogP contribution in [0.5, 0.6) is 0 Å². The first-order valence-corrected chi connectivity index (χ1v) is 6.53. The Morgan fingerprint density at radius 3 is 2.58 bits per heavy atom. The van der Waals surface area contributed by atoms with Crippen molar-refractivity contribution in [3.05, 3.63) is 35.4 Å². The van der Waals surface area contributed by atoms with Crippen LogP contribution in [0.25, 0.3) is 0 Å². The van der Waals surface area contributed by atoms with E-state index in [2.05, 4.69) is 5.32 Å². The number of hydrogen-bond donors (Lipinski definition) is 1. The minimum Gasteiger partial charge on any atom is -0.324 e. The van der Waals surface area contributed by atoms with E-state index in [1.54, 1.807) is 11.9 Å². The molecule has 1 atom stereocenters. The van der Waals surface area contributed by atoms with Crippen molar-refractivity contribution in [2.75, 3.05) is 7.05 Å². The number of carbonyl (C=O) groups excluding carboxylic acids is 1. The molecule has 0 bridgehead atoms. The van der Waals surface area contributed by atoms with Crippen molar-refractivity contribution in [3.63, 3.8) is 0 Å². The van der Waals surface area contributed by atoms with E-state index in [-0.39, 0.29) is 12.1 Å². The summed E-state index contributed by atoms with van der Waals surface area (Å²) in [5.74, 6) is -1.70. The lowest BCUT2D eigenvalue weighted by Gasteiger charge is -2.21. The van der Waals surface area contributed by atoms with E-state index in [0.717, 1.165) is 37.8 Å². The summed E-state index contributed by atoms with van der Waals surface area (Å²) in [4.78, 5) is 14.0. The standard InChI is InChI=1S/C14H16F2N2O/c1-18-12(9-4-5-10(15)11(16)8-9)17-14(13(18)19)6-2-3-7-14/h4-5,8,12,17H,2-3,6-7H2,1H3. The smallest absolute Gasteiger partial charge is 0.244 e. The Bertz CT molecular complexity index is 526. The highest BCUT2D eigenvalue weighted by Gasteiger charge is 2.51. The molecule has 102 valence electrons. The largest absolute Gasteiger partial charge is 0.324 e. The highest BCUT2D eigenvalue weighted by atomic mass is 19.2. The SMILES string of the molecule is CN1C(=O)C2(CCCC2)NC1c1ccc(F)c(F)c1. The molecule has 19 heavy (non-hydrogen) atoms. The molecule has 1 saturated carbocycles. The Morgan fingerprint density at radius 1 is 1.26 bits per heavy atom. The minimum absolute atomic E-state index is 0.0553. The van der Waals surface area contributed by atoms with E-state index in [0.29, 0.717) is 5.56 Å². The number of rotatable bonds is 1. The molecule has 0 radical (unpaired) electrons. The van der Waals surface area contributed by atoms with Crippen LogP contribution >= 0.6 is 0 Å². The van der Waals surface area contributed by atoms with Gasteiger partial charge in [-0.3, -0.25) is 10.1 Å². The minimum atomic E-state index is -0.882. The van der Waals surface area contributed by atoms with Crippen LogP contribution in [0.3, 0.4) is 0 Å². The highest BCUT2D eigenvalue weighted by molar-refractivity contribution is 5.89. The Morgan fingerprint density at radius 2 is 1.95 bits per heavy atom. The monoisotopic (exact) mass is 266 g/mol. The molecule has 1 spiro atoms. The molecule has 2 aliphatic rings. The number of nitrogens with one attached hydrogen (secondary N) is 1. The quantitative estimate of drug-likeness (QED) is 0.846. The number of benzene rings is 1. The first-order valence-electron chi connectivity index (χ1n) is 6.53. The topological polar surface area (TPSA) is 32.3 Å². The van der Waals surface area contributed by atoms with Gasteiger partial charge in [-0.15, -0.1) is 0 Å². The number of amides is 1. The van der Waals surface area contributed by atoms with Crippen LogP contribution in [-0.4, -0.2) is 23.4 Å². The van der Waals surface area contributed by atoms with Gasteiger partial charge < -0.3 is 4.90 Å². The Balaban J connectivity index is 1.93. The molecule has 1 amide bonds. The zero-order chi connectivity index (χ0) is 13.6. The van der Waals surface area contributed by atoms with Crippen molar-refractivity contribution in [2.45, 2.75) is 37.4 Å². The van der Waals surface area contributed by atoms with Gasteiger partial charge in [0.25, 0.3) is 0 Å². The molecule has 1 heterocycles. The lowest BCUT2D eigenvalue weighted by atomic mass is 9.98. The average Bonchev–Trinajstić information content (AvgIpc) is 2.95. The van der Waals surface area contributed by atoms with Crippen molar-refractivity contribution in [3.8, 4) is 0 Å². The molecule has 3 nitrogen and oxygen atoms in total. The fourth-order valence-corrected chi connectivity index (χ4v) is 3.20. The van der Waals surface area contributed by atoms with Gasteiger partial charge in [0.2, 0.25) is 5.91 Å². The molecule has 3 rings (SSSR count). The summed E-state index contributed by atoms with van der Waals surface area (Å²) < 4.78 is 26.3. The van der Waals surface area contributed by atoms with Gasteiger partial charge in [-0.25, -0.2) is 8.78 Å². The summed E-state index contributed by atoms with van der Waals surface area (Å²) in [5.41, 5.74) is 0.0862. The number of nitrogens with zero attached hydrogens (tertiary/aromatic N) is 1. The maximum Gasteiger partial charge on any atom is 0.244 e. The van der Waals surface area contributed by atoms with Crippen molar-refractivity contribution in [2.24, 2.45) is 0 Å². The molecule has 1 N–H and O–H groups in total. The molecule has 1 aliphatic carbocycles. The average molecular weight is 266 g/mol. The Kier molecular flexibility index (Phi) is 2.82. The second kappa shape index (κ2) is 4.27. The van der Waals surface area contributed by atoms with Crippen LogP contribution in [0.4, 0.5) is 8.78 Å². The van der Waals surface area contributed by atoms with Crippen LogP contribution < -0.4 is 5.32 Å². The third-order valence-electron chi connectivity index (χ3n) is 4.25. The number of halogens is 2. The number of hydrogen-bond acceptors (Lipinski definition) is 2. The third kappa shape index (κ3) is 1.84. The van der Waals surface area contributed by atoms with Crippen molar-refractivity contribution < 1.29 is 13.6 Å². The lowest BCUT2D eigenvalue weighted by Crippen LogP contribution is -2.43. The molecule has 1 aliphatic heterocycles. The second-order valence-electron chi connectivity index (χ2n) is 5.43. The van der Waals surface area contributed by atoms with E-state index in [9.17, 15) is 13.6 Å². The Labute approximate surface area is 110 Å². The van der Waals surface area contributed by atoms with Crippen molar-refractivity contribution in [1.29, 1.82) is 0 Å². The van der Waals surface area contributed by atoms with Crippen LogP contribution in [-0.2, 0) is 4.79 Å². The van der Waals surface area contributed by atoms with Gasteiger partial charge in [0.1, 0.15) is 6.17 Å². The van der Waals surface area contributed by atoms with E-state index in [1.807, 2.05) is 0 Å². The molecule has 1 aromatic carbocycles. The van der Waals surface area contributed by atoms with E-state index in [4.69, 9.17) is 0 Å². The van der Waals surface area contributed by atoms with Crippen LogP contribution in [0.15, 0.2) is 18.2 Å². The van der Waals surface area contributed by atoms with Gasteiger partial charge in [-0.1, -0.05) is 18.9 Å². The predicted octanol–water partition coefficient (Wildman–Crippen LogP) is 2.34. The van der Waals surface area contributed by atoms with Crippen molar-refractivity contribution in [1.82, 2.24) is 10.2 Å². The molecular formula is C14H16F2N2O. The predicted molar refractivity (Wildman–Crippen MR) is 66.2 cm³/mol. The maximum absolute atomic E-state index is 13.3. The molecule has 0 aromatic heterocycles. The summed E-state index contributed by atoms with van der Waals surface area (Å²) in [5, 5.41) is 3.32. The molecule has 1 unspecified atom stereocenters. The normalized spacial score (nSPS) is 25.5. The van der Waals surface area contributed by atoms with Gasteiger partial charge in [-0.2, -0.15) is 0 Å². The second-order valence-corrected chi connectivity index (χ2v) is 5.43. The fraction of sp³-hybridized carbons (Fsp3) is 0.500. The summed E-state index contributed by atoms with van der Waals surface area (Å²) in [6.45, 7) is 0. The zero-order valence-electron chi connectivity index (χ0n) is 10.7. The lowest BCUT2D eigenvalue weighted by molar-refractivity contribution is -0.132. The maximum atomic E-state index is 13.3. The van der Waals surface area contributed by atoms with E-state index < -0.39 is 17.2 Å². The van der Waals surface area contributed by atoms with Crippen molar-refractivity contribution >= 4 is 5.91 Å². The summed E-state index contributed by atoms with van der Waals surface area (Å²) >= 11 is 0. The van der Waals surface area contributed by atoms with Gasteiger partial charge in [-0.05, 0) is 30.5 Å². The number of likely N-dealkylation sites (N-methyl/N-ethyl adjacent to an activating group) is 1. The molecular weight excluding hydrogens is 250 g/mol. The molecule has 5 heteroatoms. The Hall–Kier alpha value is -1.49. The van der Waals surface area contributed by atoms with Crippen LogP contribution in [0.2, 0.25) is 0 Å². The summed E-state index contributed by atoms with van der Waals surface area (Å²) in [6.07, 6.45) is 3.31.